The third kappa shape index (κ3) is 7.31. The zero-order chi connectivity index (χ0) is 22.9. The van der Waals surface area contributed by atoms with E-state index in [0.717, 1.165) is 69.9 Å². The molecule has 0 aromatic heterocycles. The van der Waals surface area contributed by atoms with Crippen molar-refractivity contribution in [2.45, 2.75) is 51.5 Å². The fourth-order valence-electron chi connectivity index (χ4n) is 4.90. The molecule has 0 saturated carbocycles. The van der Waals surface area contributed by atoms with Gasteiger partial charge >= 0.3 is 0 Å². The largest absolute Gasteiger partial charge is 0.493 e. The standard InChI is InChI=1S/C28H39N3O2/c1-30-14-4-3-7-18-33-27-12-11-25(28(32)29-13-17-31-15-5-2-6-16-31)21-26(27)20-23-9-8-10-24(19-23)22-30/h8-12,19,21H,2-7,13-18,20,22H2,1H3,(H,29,32). The van der Waals surface area contributed by atoms with E-state index >= 15 is 0 Å². The van der Waals surface area contributed by atoms with Gasteiger partial charge in [0.15, 0.2) is 0 Å². The number of fused-ring (bicyclic) bond motifs is 3. The first-order valence-corrected chi connectivity index (χ1v) is 12.7. The van der Waals surface area contributed by atoms with E-state index < -0.39 is 0 Å². The highest BCUT2D eigenvalue weighted by Gasteiger charge is 2.14. The molecular formula is C28H39N3O2. The molecule has 1 N–H and O–H groups in total. The lowest BCUT2D eigenvalue weighted by atomic mass is 9.99. The minimum atomic E-state index is 0.00425. The lowest BCUT2D eigenvalue weighted by Gasteiger charge is -2.26. The van der Waals surface area contributed by atoms with Gasteiger partial charge in [0.1, 0.15) is 5.75 Å². The van der Waals surface area contributed by atoms with Crippen LogP contribution < -0.4 is 10.1 Å². The number of rotatable bonds is 4. The molecule has 2 aromatic carbocycles. The van der Waals surface area contributed by atoms with E-state index in [1.807, 2.05) is 18.2 Å². The molecule has 5 nitrogen and oxygen atoms in total. The Bertz CT molecular complexity index is 908. The highest BCUT2D eigenvalue weighted by Crippen LogP contribution is 2.25. The minimum absolute atomic E-state index is 0.00425. The van der Waals surface area contributed by atoms with Crippen molar-refractivity contribution in [1.29, 1.82) is 0 Å². The van der Waals surface area contributed by atoms with Crippen LogP contribution >= 0.6 is 0 Å². The zero-order valence-electron chi connectivity index (χ0n) is 20.2. The Hall–Kier alpha value is -2.37. The molecule has 1 fully saturated rings. The van der Waals surface area contributed by atoms with E-state index in [4.69, 9.17) is 4.74 Å². The lowest BCUT2D eigenvalue weighted by Crippen LogP contribution is -2.37. The Morgan fingerprint density at radius 3 is 2.61 bits per heavy atom. The second-order valence-electron chi connectivity index (χ2n) is 9.62. The fraction of sp³-hybridized carbons (Fsp3) is 0.536. The van der Waals surface area contributed by atoms with Crippen molar-refractivity contribution in [3.05, 3.63) is 64.7 Å². The Labute approximate surface area is 199 Å². The fourth-order valence-corrected chi connectivity index (χ4v) is 4.90. The van der Waals surface area contributed by atoms with Crippen LogP contribution in [-0.2, 0) is 13.0 Å². The van der Waals surface area contributed by atoms with Gasteiger partial charge in [-0.3, -0.25) is 4.79 Å². The van der Waals surface area contributed by atoms with Crippen LogP contribution in [0.3, 0.4) is 0 Å². The van der Waals surface area contributed by atoms with Crippen LogP contribution in [0.1, 0.15) is 65.6 Å². The van der Waals surface area contributed by atoms with E-state index in [9.17, 15) is 4.79 Å². The molecule has 0 spiro atoms. The topological polar surface area (TPSA) is 44.8 Å². The first kappa shape index (κ1) is 23.8. The van der Waals surface area contributed by atoms with Crippen LogP contribution in [0.15, 0.2) is 42.5 Å². The molecule has 0 radical (unpaired) electrons. The Balaban J connectivity index is 1.46. The number of nitrogens with zero attached hydrogens (tertiary/aromatic N) is 2. The summed E-state index contributed by atoms with van der Waals surface area (Å²) in [5.41, 5.74) is 4.39. The first-order chi connectivity index (χ1) is 16.2. The number of nitrogens with one attached hydrogen (secondary N) is 1. The van der Waals surface area contributed by atoms with Crippen molar-refractivity contribution in [2.24, 2.45) is 0 Å². The van der Waals surface area contributed by atoms with Crippen LogP contribution in [0.5, 0.6) is 5.75 Å². The number of ether oxygens (including phenoxy) is 1. The van der Waals surface area contributed by atoms with Gasteiger partial charge in [0.25, 0.3) is 5.91 Å². The quantitative estimate of drug-likeness (QED) is 0.747. The smallest absolute Gasteiger partial charge is 0.251 e. The van der Waals surface area contributed by atoms with Gasteiger partial charge in [-0.1, -0.05) is 30.7 Å². The van der Waals surface area contributed by atoms with Gasteiger partial charge in [-0.25, -0.2) is 0 Å². The van der Waals surface area contributed by atoms with Crippen molar-refractivity contribution in [1.82, 2.24) is 15.1 Å². The SMILES string of the molecule is CN1CCCCCOc2ccc(C(=O)NCCN3CCCCC3)cc2Cc2cccc(c2)C1. The molecule has 5 heteroatoms. The molecule has 2 aliphatic heterocycles. The van der Waals surface area contributed by atoms with Gasteiger partial charge in [0.2, 0.25) is 0 Å². The van der Waals surface area contributed by atoms with Gasteiger partial charge in [0.05, 0.1) is 6.61 Å². The summed E-state index contributed by atoms with van der Waals surface area (Å²) < 4.78 is 6.17. The summed E-state index contributed by atoms with van der Waals surface area (Å²) in [6, 6.07) is 14.7. The summed E-state index contributed by atoms with van der Waals surface area (Å²) in [4.78, 5) is 17.7. The molecule has 33 heavy (non-hydrogen) atoms. The van der Waals surface area contributed by atoms with E-state index in [-0.39, 0.29) is 5.91 Å². The molecule has 2 bridgehead atoms. The second kappa shape index (κ2) is 12.2. The van der Waals surface area contributed by atoms with Crippen molar-refractivity contribution < 1.29 is 9.53 Å². The monoisotopic (exact) mass is 449 g/mol. The highest BCUT2D eigenvalue weighted by atomic mass is 16.5. The van der Waals surface area contributed by atoms with Gasteiger partial charge in [-0.15, -0.1) is 0 Å². The van der Waals surface area contributed by atoms with Crippen LogP contribution in [0, 0.1) is 0 Å². The van der Waals surface area contributed by atoms with E-state index in [1.165, 1.54) is 36.8 Å². The second-order valence-corrected chi connectivity index (χ2v) is 9.62. The summed E-state index contributed by atoms with van der Waals surface area (Å²) in [6.07, 6.45) is 8.05. The molecule has 4 rings (SSSR count). The average molecular weight is 450 g/mol. The number of likely N-dealkylation sites (tertiary alicyclic amines) is 1. The maximum Gasteiger partial charge on any atom is 0.251 e. The minimum Gasteiger partial charge on any atom is -0.493 e. The summed E-state index contributed by atoms with van der Waals surface area (Å²) >= 11 is 0. The molecule has 0 atom stereocenters. The number of carbonyl (C=O) groups is 1. The molecule has 1 amide bonds. The third-order valence-electron chi connectivity index (χ3n) is 6.77. The maximum atomic E-state index is 12.9. The van der Waals surface area contributed by atoms with E-state index in [0.29, 0.717) is 12.1 Å². The normalized spacial score (nSPS) is 18.6. The number of amides is 1. The lowest BCUT2D eigenvalue weighted by molar-refractivity contribution is 0.0946. The third-order valence-corrected chi connectivity index (χ3v) is 6.77. The molecule has 0 unspecified atom stereocenters. The van der Waals surface area contributed by atoms with Crippen molar-refractivity contribution in [2.75, 3.05) is 46.4 Å². The predicted molar refractivity (Wildman–Crippen MR) is 134 cm³/mol. The van der Waals surface area contributed by atoms with Gasteiger partial charge in [-0.05, 0) is 93.7 Å². The van der Waals surface area contributed by atoms with Crippen LogP contribution in [0.4, 0.5) is 0 Å². The molecular weight excluding hydrogens is 410 g/mol. The van der Waals surface area contributed by atoms with Crippen molar-refractivity contribution >= 4 is 5.91 Å². The van der Waals surface area contributed by atoms with Crippen molar-refractivity contribution in [3.63, 3.8) is 0 Å². The number of carbonyl (C=O) groups excluding carboxylic acids is 1. The average Bonchev–Trinajstić information content (AvgIpc) is 2.82. The van der Waals surface area contributed by atoms with E-state index in [1.54, 1.807) is 0 Å². The summed E-state index contributed by atoms with van der Waals surface area (Å²) in [5.74, 6) is 0.907. The number of piperidine rings is 1. The molecule has 2 aromatic rings. The number of benzene rings is 2. The predicted octanol–water partition coefficient (Wildman–Crippen LogP) is 4.49. The van der Waals surface area contributed by atoms with Crippen LogP contribution in [0.25, 0.3) is 0 Å². The van der Waals surface area contributed by atoms with Gasteiger partial charge in [-0.2, -0.15) is 0 Å². The summed E-state index contributed by atoms with van der Waals surface area (Å²) in [7, 11) is 2.19. The Morgan fingerprint density at radius 1 is 0.939 bits per heavy atom. The molecule has 1 saturated heterocycles. The highest BCUT2D eigenvalue weighted by molar-refractivity contribution is 5.94. The summed E-state index contributed by atoms with van der Waals surface area (Å²) in [6.45, 7) is 6.73. The van der Waals surface area contributed by atoms with Crippen molar-refractivity contribution in [3.8, 4) is 5.75 Å². The van der Waals surface area contributed by atoms with E-state index in [2.05, 4.69) is 46.4 Å². The Morgan fingerprint density at radius 2 is 1.73 bits per heavy atom. The molecule has 2 heterocycles. The van der Waals surface area contributed by atoms with Gasteiger partial charge < -0.3 is 19.9 Å². The Kier molecular flexibility index (Phi) is 8.79. The maximum absolute atomic E-state index is 12.9. The molecule has 178 valence electrons. The summed E-state index contributed by atoms with van der Waals surface area (Å²) in [5, 5.41) is 3.12. The van der Waals surface area contributed by atoms with Crippen LogP contribution in [-0.4, -0.2) is 62.1 Å². The van der Waals surface area contributed by atoms with Crippen LogP contribution in [0.2, 0.25) is 0 Å². The first-order valence-electron chi connectivity index (χ1n) is 12.7. The zero-order valence-corrected chi connectivity index (χ0v) is 20.2. The molecule has 2 aliphatic rings. The van der Waals surface area contributed by atoms with Gasteiger partial charge in [0, 0.05) is 31.6 Å². The molecule has 0 aliphatic carbocycles. The number of hydrogen-bond donors (Lipinski definition) is 1. The number of hydrogen-bond acceptors (Lipinski definition) is 4.